The van der Waals surface area contributed by atoms with Gasteiger partial charge in [-0.1, -0.05) is 29.8 Å². The fraction of sp³-hybridized carbons (Fsp3) is 0.154. The largest absolute Gasteiger partial charge is 0.308 e. The van der Waals surface area contributed by atoms with E-state index in [1.165, 1.54) is 12.4 Å². The highest BCUT2D eigenvalue weighted by Gasteiger charge is 2.29. The molecule has 0 aliphatic carbocycles. The van der Waals surface area contributed by atoms with Crippen LogP contribution in [0.4, 0.5) is 5.82 Å². The Kier molecular flexibility index (Phi) is 3.40. The Bertz CT molecular complexity index is 635. The summed E-state index contributed by atoms with van der Waals surface area (Å²) >= 11 is 7.57. The van der Waals surface area contributed by atoms with Crippen molar-refractivity contribution < 1.29 is 4.79 Å². The van der Waals surface area contributed by atoms with Crippen molar-refractivity contribution in [3.05, 3.63) is 47.4 Å². The van der Waals surface area contributed by atoms with Gasteiger partial charge in [0.2, 0.25) is 5.91 Å². The highest BCUT2D eigenvalue weighted by atomic mass is 35.5. The Morgan fingerprint density at radius 1 is 1.32 bits per heavy atom. The van der Waals surface area contributed by atoms with Gasteiger partial charge in [-0.3, -0.25) is 4.79 Å². The predicted molar refractivity (Wildman–Crippen MR) is 75.6 cm³/mol. The Morgan fingerprint density at radius 3 is 2.95 bits per heavy atom. The highest BCUT2D eigenvalue weighted by molar-refractivity contribution is 7.99. The number of halogens is 1. The van der Waals surface area contributed by atoms with E-state index < -0.39 is 0 Å². The van der Waals surface area contributed by atoms with Crippen molar-refractivity contribution in [1.29, 1.82) is 0 Å². The quantitative estimate of drug-likeness (QED) is 0.924. The Morgan fingerprint density at radius 2 is 2.11 bits per heavy atom. The van der Waals surface area contributed by atoms with Gasteiger partial charge in [-0.15, -0.1) is 11.8 Å². The number of aromatic nitrogens is 2. The minimum Gasteiger partial charge on any atom is -0.308 e. The summed E-state index contributed by atoms with van der Waals surface area (Å²) < 4.78 is 0. The van der Waals surface area contributed by atoms with Crippen molar-refractivity contribution in [2.75, 3.05) is 11.1 Å². The number of rotatable bonds is 2. The summed E-state index contributed by atoms with van der Waals surface area (Å²) in [7, 11) is 0. The van der Waals surface area contributed by atoms with E-state index in [1.807, 2.05) is 24.3 Å². The molecular weight excluding hydrogens is 282 g/mol. The van der Waals surface area contributed by atoms with Gasteiger partial charge in [0.05, 0.1) is 5.92 Å². The van der Waals surface area contributed by atoms with Crippen LogP contribution in [0.1, 0.15) is 11.5 Å². The molecule has 2 aromatic rings. The topological polar surface area (TPSA) is 54.9 Å². The first-order valence-corrected chi connectivity index (χ1v) is 7.11. The molecule has 1 aromatic heterocycles. The van der Waals surface area contributed by atoms with E-state index in [1.54, 1.807) is 11.8 Å². The van der Waals surface area contributed by atoms with E-state index in [-0.39, 0.29) is 17.0 Å². The van der Waals surface area contributed by atoms with Crippen LogP contribution >= 0.6 is 23.4 Å². The lowest BCUT2D eigenvalue weighted by molar-refractivity contribution is -0.117. The molecule has 96 valence electrons. The molecule has 0 saturated carbocycles. The molecule has 1 aliphatic heterocycles. The van der Waals surface area contributed by atoms with Crippen LogP contribution < -0.4 is 5.32 Å². The zero-order chi connectivity index (χ0) is 13.2. The molecule has 1 unspecified atom stereocenters. The van der Waals surface area contributed by atoms with Crippen molar-refractivity contribution in [3.63, 3.8) is 0 Å². The van der Waals surface area contributed by atoms with Crippen molar-refractivity contribution in [1.82, 2.24) is 9.97 Å². The lowest BCUT2D eigenvalue weighted by Crippen LogP contribution is -2.21. The lowest BCUT2D eigenvalue weighted by atomic mass is 10.0. The molecule has 0 spiro atoms. The van der Waals surface area contributed by atoms with Crippen LogP contribution in [0.25, 0.3) is 0 Å². The molecule has 0 bridgehead atoms. The van der Waals surface area contributed by atoms with Gasteiger partial charge in [0.15, 0.2) is 11.0 Å². The maximum atomic E-state index is 12.3. The van der Waals surface area contributed by atoms with Gasteiger partial charge in [-0.2, -0.15) is 0 Å². The van der Waals surface area contributed by atoms with E-state index in [0.29, 0.717) is 5.82 Å². The van der Waals surface area contributed by atoms with Gasteiger partial charge >= 0.3 is 0 Å². The molecule has 19 heavy (non-hydrogen) atoms. The van der Waals surface area contributed by atoms with Crippen LogP contribution in [0.2, 0.25) is 5.15 Å². The van der Waals surface area contributed by atoms with Crippen molar-refractivity contribution in [2.24, 2.45) is 0 Å². The van der Waals surface area contributed by atoms with Crippen molar-refractivity contribution >= 4 is 35.1 Å². The maximum Gasteiger partial charge on any atom is 0.234 e. The molecular formula is C13H10ClN3OS. The van der Waals surface area contributed by atoms with E-state index in [2.05, 4.69) is 15.3 Å². The molecule has 1 atom stereocenters. The summed E-state index contributed by atoms with van der Waals surface area (Å²) in [6.07, 6.45) is 2.98. The lowest BCUT2D eigenvalue weighted by Gasteiger charge is -2.11. The van der Waals surface area contributed by atoms with Crippen molar-refractivity contribution in [3.8, 4) is 0 Å². The molecule has 2 heterocycles. The van der Waals surface area contributed by atoms with Crippen LogP contribution in [-0.2, 0) is 4.79 Å². The summed E-state index contributed by atoms with van der Waals surface area (Å²) in [5.41, 5.74) is 1.06. The summed E-state index contributed by atoms with van der Waals surface area (Å²) in [5, 5.41) is 2.94. The summed E-state index contributed by atoms with van der Waals surface area (Å²) in [6.45, 7) is 0. The number of nitrogens with one attached hydrogen (secondary N) is 1. The second-order valence-electron chi connectivity index (χ2n) is 4.09. The van der Waals surface area contributed by atoms with E-state index >= 15 is 0 Å². The maximum absolute atomic E-state index is 12.3. The van der Waals surface area contributed by atoms with E-state index in [4.69, 9.17) is 11.6 Å². The molecule has 1 N–H and O–H groups in total. The normalized spacial score (nSPS) is 17.0. The molecule has 1 aliphatic rings. The molecule has 3 rings (SSSR count). The predicted octanol–water partition coefficient (Wildman–Crippen LogP) is 2.96. The standard InChI is InChI=1S/C13H10ClN3OS/c14-11-12(16-6-5-15-11)17-13(18)9-7-19-10-4-2-1-3-8(9)10/h1-6,9H,7H2,(H,16,17,18). The first kappa shape index (κ1) is 12.4. The average Bonchev–Trinajstić information content (AvgIpc) is 2.85. The highest BCUT2D eigenvalue weighted by Crippen LogP contribution is 2.39. The van der Waals surface area contributed by atoms with Gasteiger partial charge in [-0.05, 0) is 11.6 Å². The van der Waals surface area contributed by atoms with Crippen LogP contribution in [0.3, 0.4) is 0 Å². The number of fused-ring (bicyclic) bond motifs is 1. The number of anilines is 1. The number of benzene rings is 1. The molecule has 0 saturated heterocycles. The molecule has 0 fully saturated rings. The number of carbonyl (C=O) groups excluding carboxylic acids is 1. The summed E-state index contributed by atoms with van der Waals surface area (Å²) in [4.78, 5) is 21.3. The van der Waals surface area contributed by atoms with Gasteiger partial charge < -0.3 is 5.32 Å². The van der Waals surface area contributed by atoms with E-state index in [9.17, 15) is 4.79 Å². The second kappa shape index (κ2) is 5.19. The molecule has 1 aromatic carbocycles. The van der Waals surface area contributed by atoms with Crippen LogP contribution in [0.5, 0.6) is 0 Å². The Labute approximate surface area is 119 Å². The minimum atomic E-state index is -0.167. The number of amides is 1. The molecule has 6 heteroatoms. The fourth-order valence-corrected chi connectivity index (χ4v) is 3.37. The zero-order valence-corrected chi connectivity index (χ0v) is 11.4. The Balaban J connectivity index is 1.81. The third-order valence-corrected chi connectivity index (χ3v) is 4.37. The van der Waals surface area contributed by atoms with E-state index in [0.717, 1.165) is 16.2 Å². The minimum absolute atomic E-state index is 0.0974. The van der Waals surface area contributed by atoms with Gasteiger partial charge in [0.1, 0.15) is 0 Å². The van der Waals surface area contributed by atoms with Gasteiger partial charge in [-0.25, -0.2) is 9.97 Å². The number of nitrogens with zero attached hydrogens (tertiary/aromatic N) is 2. The third kappa shape index (κ3) is 2.43. The Hall–Kier alpha value is -1.59. The average molecular weight is 292 g/mol. The monoisotopic (exact) mass is 291 g/mol. The van der Waals surface area contributed by atoms with Gasteiger partial charge in [0.25, 0.3) is 0 Å². The van der Waals surface area contributed by atoms with Crippen LogP contribution in [0, 0.1) is 0 Å². The summed E-state index contributed by atoms with van der Waals surface area (Å²) in [6, 6.07) is 7.94. The first-order chi connectivity index (χ1) is 9.25. The fourth-order valence-electron chi connectivity index (χ4n) is 1.99. The zero-order valence-electron chi connectivity index (χ0n) is 9.84. The number of carbonyl (C=O) groups is 1. The van der Waals surface area contributed by atoms with Crippen LogP contribution in [0.15, 0.2) is 41.6 Å². The smallest absolute Gasteiger partial charge is 0.234 e. The summed E-state index contributed by atoms with van der Waals surface area (Å²) in [5.74, 6) is 0.783. The third-order valence-electron chi connectivity index (χ3n) is 2.91. The van der Waals surface area contributed by atoms with Crippen molar-refractivity contribution in [2.45, 2.75) is 10.8 Å². The van der Waals surface area contributed by atoms with Crippen LogP contribution in [-0.4, -0.2) is 21.6 Å². The number of hydrogen-bond donors (Lipinski definition) is 1. The first-order valence-electron chi connectivity index (χ1n) is 5.75. The molecule has 4 nitrogen and oxygen atoms in total. The number of thioether (sulfide) groups is 1. The molecule has 1 amide bonds. The number of hydrogen-bond acceptors (Lipinski definition) is 4. The SMILES string of the molecule is O=C(Nc1nccnc1Cl)C1CSc2ccccc21. The molecule has 0 radical (unpaired) electrons. The second-order valence-corrected chi connectivity index (χ2v) is 5.51. The van der Waals surface area contributed by atoms with Gasteiger partial charge in [0, 0.05) is 23.0 Å².